The van der Waals surface area contributed by atoms with Crippen molar-refractivity contribution in [3.8, 4) is 0 Å². The van der Waals surface area contributed by atoms with Crippen molar-refractivity contribution in [3.05, 3.63) is 12.7 Å². The number of carbonyl (C=O) groups excluding carboxylic acids is 6. The normalized spacial score (nSPS) is 18.4. The average Bonchev–Trinajstić information content (AvgIpc) is 3.51. The molecule has 2 aliphatic heterocycles. The van der Waals surface area contributed by atoms with Gasteiger partial charge in [0.1, 0.15) is 12.1 Å². The van der Waals surface area contributed by atoms with E-state index in [-0.39, 0.29) is 37.3 Å². The summed E-state index contributed by atoms with van der Waals surface area (Å²) in [7, 11) is 0. The van der Waals surface area contributed by atoms with Crippen molar-refractivity contribution in [1.82, 2.24) is 31.1 Å². The summed E-state index contributed by atoms with van der Waals surface area (Å²) in [6, 6.07) is -3.61. The van der Waals surface area contributed by atoms with E-state index in [1.807, 2.05) is 20.8 Å². The lowest BCUT2D eigenvalue weighted by molar-refractivity contribution is -0.143. The van der Waals surface area contributed by atoms with Gasteiger partial charge in [-0.05, 0) is 30.1 Å². The van der Waals surface area contributed by atoms with Gasteiger partial charge in [-0.2, -0.15) is 0 Å². The molecule has 0 aromatic heterocycles. The lowest BCUT2D eigenvalue weighted by Gasteiger charge is -2.35. The Hall–Kier alpha value is -3.48. The first-order chi connectivity index (χ1) is 23.0. The van der Waals surface area contributed by atoms with Gasteiger partial charge in [-0.25, -0.2) is 4.79 Å². The van der Waals surface area contributed by atoms with E-state index in [9.17, 15) is 28.8 Å². The lowest BCUT2D eigenvalue weighted by Crippen LogP contribution is -2.60. The highest BCUT2D eigenvalue weighted by molar-refractivity contribution is 6.38. The quantitative estimate of drug-likeness (QED) is 0.169. The van der Waals surface area contributed by atoms with Gasteiger partial charge in [0.2, 0.25) is 23.5 Å². The average molecular weight is 695 g/mol. The number of nitrogens with zero attached hydrogens (tertiary/aromatic N) is 2. The Labute approximate surface area is 295 Å². The van der Waals surface area contributed by atoms with E-state index >= 15 is 0 Å². The van der Waals surface area contributed by atoms with Crippen LogP contribution in [0.3, 0.4) is 0 Å². The van der Waals surface area contributed by atoms with Crippen LogP contribution in [0.4, 0.5) is 4.79 Å². The zero-order valence-electron chi connectivity index (χ0n) is 31.9. The highest BCUT2D eigenvalue weighted by atomic mass is 16.5. The van der Waals surface area contributed by atoms with E-state index < -0.39 is 53.1 Å². The number of urea groups is 1. The maximum Gasteiger partial charge on any atom is 0.315 e. The molecule has 2 aliphatic rings. The Balaban J connectivity index is 0.00000356. The molecule has 0 radical (unpaired) electrons. The third kappa shape index (κ3) is 16.2. The number of morpholine rings is 1. The molecule has 4 atom stereocenters. The van der Waals surface area contributed by atoms with Gasteiger partial charge in [-0.15, -0.1) is 6.58 Å². The molecule has 0 saturated carbocycles. The van der Waals surface area contributed by atoms with Crippen molar-refractivity contribution < 1.29 is 33.5 Å². The fourth-order valence-electron chi connectivity index (χ4n) is 5.16. The van der Waals surface area contributed by atoms with Gasteiger partial charge < -0.3 is 35.8 Å². The van der Waals surface area contributed by atoms with Gasteiger partial charge in [0.05, 0.1) is 25.8 Å². The predicted octanol–water partition coefficient (Wildman–Crippen LogP) is 3.42. The lowest BCUT2D eigenvalue weighted by atomic mass is 9.85. The van der Waals surface area contributed by atoms with E-state index in [4.69, 9.17) is 4.74 Å². The van der Waals surface area contributed by atoms with Crippen molar-refractivity contribution in [1.29, 1.82) is 0 Å². The van der Waals surface area contributed by atoms with Gasteiger partial charge in [0.15, 0.2) is 0 Å². The minimum atomic E-state index is -1.04. The van der Waals surface area contributed by atoms with E-state index in [2.05, 4.69) is 55.5 Å². The van der Waals surface area contributed by atoms with Gasteiger partial charge in [0, 0.05) is 26.2 Å². The zero-order chi connectivity index (χ0) is 37.7. The summed E-state index contributed by atoms with van der Waals surface area (Å²) in [6.07, 6.45) is 5.14. The molecule has 2 fully saturated rings. The van der Waals surface area contributed by atoms with E-state index in [0.717, 1.165) is 0 Å². The van der Waals surface area contributed by atoms with Crippen LogP contribution in [0.25, 0.3) is 0 Å². The van der Waals surface area contributed by atoms with E-state index in [0.29, 0.717) is 45.7 Å². The Morgan fingerprint density at radius 3 is 1.98 bits per heavy atom. The van der Waals surface area contributed by atoms with Crippen LogP contribution in [0.2, 0.25) is 0 Å². The molecule has 2 rings (SSSR count). The standard InChI is InChI=1S/C30H50N6O7.2C3H8/c1-8-10-21(24(38)27(40)31-11-9-2)33-26(39)22-16-20(19(3)4)18-36(22)28(41)25(30(5,6)7)34-29(42)32-17-23(37)35-12-14-43-15-13-35;2*1-3-2/h9,19-22,25H,2,8,10-18H2,1,3-7H3,(H,31,40)(H,33,39)(H2,32,34,42);2*3H2,1-2H3. The molecular formula is C36H66N6O7. The number of carbonyl (C=O) groups is 6. The molecule has 4 unspecified atom stereocenters. The Bertz CT molecular complexity index is 1070. The Kier molecular flexibility index (Phi) is 22.1. The predicted molar refractivity (Wildman–Crippen MR) is 193 cm³/mol. The van der Waals surface area contributed by atoms with Crippen LogP contribution in [-0.4, -0.2) is 109 Å². The number of Topliss-reactive ketones (excluding diaryl/α,β-unsaturated/α-hetero) is 1. The first-order valence-corrected chi connectivity index (χ1v) is 18.0. The number of ketones is 1. The van der Waals surface area contributed by atoms with Crippen molar-refractivity contribution in [3.63, 3.8) is 0 Å². The van der Waals surface area contributed by atoms with Crippen molar-refractivity contribution >= 4 is 35.4 Å². The molecule has 13 nitrogen and oxygen atoms in total. The van der Waals surface area contributed by atoms with E-state index in [1.54, 1.807) is 25.7 Å². The molecule has 6 amide bonds. The topological polar surface area (TPSA) is 166 Å². The molecule has 2 saturated heterocycles. The number of amides is 6. The zero-order valence-corrected chi connectivity index (χ0v) is 31.9. The molecular weight excluding hydrogens is 628 g/mol. The van der Waals surface area contributed by atoms with Crippen LogP contribution >= 0.6 is 0 Å². The SMILES string of the molecule is C=CCNC(=O)C(=O)C(CCC)NC(=O)C1CC(C(C)C)CN1C(=O)C(NC(=O)NCC(=O)N1CCOCC1)C(C)(C)C.CCC.CCC. The molecule has 0 aromatic carbocycles. The summed E-state index contributed by atoms with van der Waals surface area (Å²) in [5.74, 6) is -2.60. The van der Waals surface area contributed by atoms with Crippen molar-refractivity contribution in [2.45, 2.75) is 119 Å². The summed E-state index contributed by atoms with van der Waals surface area (Å²) in [5, 5.41) is 10.5. The molecule has 13 heteroatoms. The van der Waals surface area contributed by atoms with Gasteiger partial charge >= 0.3 is 6.03 Å². The number of nitrogens with one attached hydrogen (secondary N) is 4. The van der Waals surface area contributed by atoms with Crippen LogP contribution in [0.15, 0.2) is 12.7 Å². The third-order valence-electron chi connectivity index (χ3n) is 7.86. The second kappa shape index (κ2) is 23.8. The van der Waals surface area contributed by atoms with Crippen molar-refractivity contribution in [2.75, 3.05) is 45.9 Å². The summed E-state index contributed by atoms with van der Waals surface area (Å²) < 4.78 is 5.26. The molecule has 0 spiro atoms. The fraction of sp³-hybridized carbons (Fsp3) is 0.778. The number of hydrogen-bond acceptors (Lipinski definition) is 7. The summed E-state index contributed by atoms with van der Waals surface area (Å²) in [4.78, 5) is 81.2. The molecule has 0 aliphatic carbocycles. The summed E-state index contributed by atoms with van der Waals surface area (Å²) >= 11 is 0. The number of ether oxygens (including phenoxy) is 1. The Morgan fingerprint density at radius 2 is 1.49 bits per heavy atom. The second-order valence-electron chi connectivity index (χ2n) is 14.0. The van der Waals surface area contributed by atoms with Crippen molar-refractivity contribution in [2.24, 2.45) is 17.3 Å². The first-order valence-electron chi connectivity index (χ1n) is 18.0. The number of hydrogen-bond donors (Lipinski definition) is 4. The van der Waals surface area contributed by atoms with E-state index in [1.165, 1.54) is 23.8 Å². The molecule has 2 heterocycles. The fourth-order valence-corrected chi connectivity index (χ4v) is 5.16. The Morgan fingerprint density at radius 1 is 0.918 bits per heavy atom. The molecule has 0 bridgehead atoms. The van der Waals surface area contributed by atoms with Crippen LogP contribution in [0, 0.1) is 17.3 Å². The highest BCUT2D eigenvalue weighted by Gasteiger charge is 2.46. The molecule has 282 valence electrons. The van der Waals surface area contributed by atoms with Gasteiger partial charge in [-0.3, -0.25) is 24.0 Å². The maximum absolute atomic E-state index is 14.0. The maximum atomic E-state index is 14.0. The minimum absolute atomic E-state index is 0.0107. The van der Waals surface area contributed by atoms with Crippen LogP contribution in [-0.2, 0) is 28.7 Å². The highest BCUT2D eigenvalue weighted by Crippen LogP contribution is 2.32. The van der Waals surface area contributed by atoms with Crippen LogP contribution < -0.4 is 21.3 Å². The van der Waals surface area contributed by atoms with Gasteiger partial charge in [-0.1, -0.05) is 94.6 Å². The van der Waals surface area contributed by atoms with Crippen LogP contribution in [0.1, 0.15) is 101 Å². The molecule has 0 aromatic rings. The minimum Gasteiger partial charge on any atom is -0.378 e. The third-order valence-corrected chi connectivity index (χ3v) is 7.86. The van der Waals surface area contributed by atoms with Gasteiger partial charge in [0.25, 0.3) is 5.91 Å². The first kappa shape index (κ1) is 45.5. The number of likely N-dealkylation sites (tertiary alicyclic amines) is 1. The van der Waals surface area contributed by atoms with Crippen LogP contribution in [0.5, 0.6) is 0 Å². The summed E-state index contributed by atoms with van der Waals surface area (Å²) in [6.45, 7) is 25.3. The largest absolute Gasteiger partial charge is 0.378 e. The molecule has 4 N–H and O–H groups in total. The number of rotatable bonds is 13. The summed E-state index contributed by atoms with van der Waals surface area (Å²) in [5.41, 5.74) is -0.733. The smallest absolute Gasteiger partial charge is 0.315 e. The monoisotopic (exact) mass is 694 g/mol. The molecule has 49 heavy (non-hydrogen) atoms. The second-order valence-corrected chi connectivity index (χ2v) is 14.0.